The number of likely N-dealkylation sites (N-methyl/N-ethyl adjacent to an activating group) is 1. The maximum atomic E-state index is 12.5. The van der Waals surface area contributed by atoms with Crippen molar-refractivity contribution >= 4 is 11.6 Å². The highest BCUT2D eigenvalue weighted by molar-refractivity contribution is 6.06. The molecule has 0 saturated heterocycles. The van der Waals surface area contributed by atoms with Gasteiger partial charge in [-0.2, -0.15) is 0 Å². The average molecular weight is 256 g/mol. The number of benzene rings is 1. The van der Waals surface area contributed by atoms with Crippen molar-refractivity contribution in [2.75, 3.05) is 25.0 Å². The van der Waals surface area contributed by atoms with E-state index in [-0.39, 0.29) is 5.91 Å². The molecule has 0 bridgehead atoms. The van der Waals surface area contributed by atoms with Gasteiger partial charge < -0.3 is 14.2 Å². The molecule has 1 aromatic heterocycles. The minimum Gasteiger partial charge on any atom is -0.472 e. The molecule has 0 saturated carbocycles. The molecule has 2 aromatic rings. The van der Waals surface area contributed by atoms with E-state index >= 15 is 0 Å². The largest absolute Gasteiger partial charge is 0.472 e. The summed E-state index contributed by atoms with van der Waals surface area (Å²) in [5.74, 6) is -0.00324. The van der Waals surface area contributed by atoms with Crippen LogP contribution in [0.3, 0.4) is 0 Å². The Morgan fingerprint density at radius 2 is 2.05 bits per heavy atom. The van der Waals surface area contributed by atoms with Crippen molar-refractivity contribution in [3.05, 3.63) is 54.0 Å². The van der Waals surface area contributed by atoms with Crippen LogP contribution in [0.1, 0.15) is 15.9 Å². The number of carbonyl (C=O) groups is 1. The van der Waals surface area contributed by atoms with E-state index in [1.54, 1.807) is 6.07 Å². The third kappa shape index (κ3) is 2.27. The van der Waals surface area contributed by atoms with E-state index < -0.39 is 0 Å². The molecule has 0 radical (unpaired) electrons. The molecule has 4 nitrogen and oxygen atoms in total. The summed E-state index contributed by atoms with van der Waals surface area (Å²) in [6.07, 6.45) is 3.03. The molecule has 1 aliphatic heterocycles. The van der Waals surface area contributed by atoms with Crippen LogP contribution in [0.15, 0.2) is 47.3 Å². The van der Waals surface area contributed by atoms with Crippen molar-refractivity contribution in [2.45, 2.75) is 6.54 Å². The van der Waals surface area contributed by atoms with Crippen LogP contribution in [-0.4, -0.2) is 30.9 Å². The van der Waals surface area contributed by atoms with Crippen LogP contribution in [0.2, 0.25) is 0 Å². The van der Waals surface area contributed by atoms with Gasteiger partial charge in [0.1, 0.15) is 6.26 Å². The van der Waals surface area contributed by atoms with E-state index in [0.717, 1.165) is 18.8 Å². The van der Waals surface area contributed by atoms with E-state index in [4.69, 9.17) is 4.42 Å². The molecule has 3 rings (SSSR count). The lowest BCUT2D eigenvalue weighted by atomic mass is 10.1. The van der Waals surface area contributed by atoms with Crippen LogP contribution in [-0.2, 0) is 6.54 Å². The zero-order chi connectivity index (χ0) is 13.2. The van der Waals surface area contributed by atoms with Crippen LogP contribution in [0.5, 0.6) is 0 Å². The fourth-order valence-electron chi connectivity index (χ4n) is 2.42. The number of rotatable bonds is 1. The van der Waals surface area contributed by atoms with Gasteiger partial charge in [-0.15, -0.1) is 0 Å². The first-order valence-electron chi connectivity index (χ1n) is 6.36. The monoisotopic (exact) mass is 256 g/mol. The molecular formula is C15H16N2O2. The lowest BCUT2D eigenvalue weighted by molar-refractivity contribution is 0.0985. The Balaban J connectivity index is 2.00. The number of para-hydroxylation sites is 1. The van der Waals surface area contributed by atoms with Crippen LogP contribution >= 0.6 is 0 Å². The molecule has 0 spiro atoms. The Hall–Kier alpha value is -2.07. The summed E-state index contributed by atoms with van der Waals surface area (Å²) in [5.41, 5.74) is 2.77. The Morgan fingerprint density at radius 1 is 1.21 bits per heavy atom. The van der Waals surface area contributed by atoms with Crippen LogP contribution < -0.4 is 4.90 Å². The highest BCUT2D eigenvalue weighted by Crippen LogP contribution is 2.25. The topological polar surface area (TPSA) is 36.7 Å². The van der Waals surface area contributed by atoms with E-state index in [9.17, 15) is 4.79 Å². The normalized spacial score (nSPS) is 15.9. The molecule has 0 aliphatic carbocycles. The van der Waals surface area contributed by atoms with Gasteiger partial charge in [-0.1, -0.05) is 18.2 Å². The molecule has 0 N–H and O–H groups in total. The molecular weight excluding hydrogens is 240 g/mol. The van der Waals surface area contributed by atoms with Gasteiger partial charge in [0.25, 0.3) is 5.91 Å². The van der Waals surface area contributed by atoms with E-state index in [0.29, 0.717) is 12.1 Å². The molecule has 4 heteroatoms. The van der Waals surface area contributed by atoms with Crippen molar-refractivity contribution in [2.24, 2.45) is 0 Å². The quantitative estimate of drug-likeness (QED) is 0.786. The molecule has 1 aliphatic rings. The van der Waals surface area contributed by atoms with Gasteiger partial charge in [-0.3, -0.25) is 4.79 Å². The number of anilines is 1. The van der Waals surface area contributed by atoms with Crippen LogP contribution in [0.4, 0.5) is 5.69 Å². The minimum absolute atomic E-state index is 0.00324. The van der Waals surface area contributed by atoms with Crippen molar-refractivity contribution in [3.63, 3.8) is 0 Å². The fourth-order valence-corrected chi connectivity index (χ4v) is 2.42. The van der Waals surface area contributed by atoms with Gasteiger partial charge in [0, 0.05) is 25.3 Å². The van der Waals surface area contributed by atoms with Crippen molar-refractivity contribution in [3.8, 4) is 0 Å². The smallest absolute Gasteiger partial charge is 0.261 e. The second-order valence-electron chi connectivity index (χ2n) is 4.84. The number of carbonyl (C=O) groups excluding carboxylic acids is 1. The SMILES string of the molecule is CN1CCN(C(=O)c2ccoc2)c2ccccc2C1. The second kappa shape index (κ2) is 4.90. The van der Waals surface area contributed by atoms with Gasteiger partial charge in [0.05, 0.1) is 11.8 Å². The van der Waals surface area contributed by atoms with E-state index in [2.05, 4.69) is 18.0 Å². The zero-order valence-electron chi connectivity index (χ0n) is 10.9. The predicted molar refractivity (Wildman–Crippen MR) is 73.2 cm³/mol. The van der Waals surface area contributed by atoms with Gasteiger partial charge in [0.15, 0.2) is 0 Å². The van der Waals surface area contributed by atoms with Crippen molar-refractivity contribution in [1.82, 2.24) is 4.90 Å². The van der Waals surface area contributed by atoms with Crippen molar-refractivity contribution < 1.29 is 9.21 Å². The van der Waals surface area contributed by atoms with Crippen molar-refractivity contribution in [1.29, 1.82) is 0 Å². The first kappa shape index (κ1) is 12.0. The third-order valence-electron chi connectivity index (χ3n) is 3.44. The first-order valence-corrected chi connectivity index (χ1v) is 6.36. The summed E-state index contributed by atoms with van der Waals surface area (Å²) >= 11 is 0. The lowest BCUT2D eigenvalue weighted by Gasteiger charge is -2.21. The Labute approximate surface area is 112 Å². The fraction of sp³-hybridized carbons (Fsp3) is 0.267. The Bertz CT molecular complexity index is 578. The highest BCUT2D eigenvalue weighted by atomic mass is 16.3. The number of hydrogen-bond acceptors (Lipinski definition) is 3. The number of furan rings is 1. The maximum absolute atomic E-state index is 12.5. The van der Waals surface area contributed by atoms with Gasteiger partial charge in [-0.05, 0) is 24.7 Å². The molecule has 1 amide bonds. The molecule has 0 atom stereocenters. The van der Waals surface area contributed by atoms with Gasteiger partial charge >= 0.3 is 0 Å². The minimum atomic E-state index is -0.00324. The zero-order valence-corrected chi connectivity index (χ0v) is 10.9. The Morgan fingerprint density at radius 3 is 2.84 bits per heavy atom. The van der Waals surface area contributed by atoms with Gasteiger partial charge in [-0.25, -0.2) is 0 Å². The lowest BCUT2D eigenvalue weighted by Crippen LogP contribution is -2.34. The third-order valence-corrected chi connectivity index (χ3v) is 3.44. The van der Waals surface area contributed by atoms with E-state index in [1.807, 2.05) is 23.1 Å². The predicted octanol–water partition coefficient (Wildman–Crippen LogP) is 2.37. The molecule has 0 fully saturated rings. The molecule has 2 heterocycles. The van der Waals surface area contributed by atoms with E-state index in [1.165, 1.54) is 18.1 Å². The number of fused-ring (bicyclic) bond motifs is 1. The summed E-state index contributed by atoms with van der Waals surface area (Å²) in [7, 11) is 2.07. The summed E-state index contributed by atoms with van der Waals surface area (Å²) in [6, 6.07) is 9.77. The highest BCUT2D eigenvalue weighted by Gasteiger charge is 2.24. The number of nitrogens with zero attached hydrogens (tertiary/aromatic N) is 2. The van der Waals surface area contributed by atoms with Gasteiger partial charge in [0.2, 0.25) is 0 Å². The van der Waals surface area contributed by atoms with Crippen LogP contribution in [0, 0.1) is 0 Å². The second-order valence-corrected chi connectivity index (χ2v) is 4.84. The molecule has 19 heavy (non-hydrogen) atoms. The summed E-state index contributed by atoms with van der Waals surface area (Å²) < 4.78 is 5.01. The molecule has 1 aromatic carbocycles. The molecule has 98 valence electrons. The summed E-state index contributed by atoms with van der Waals surface area (Å²) in [6.45, 7) is 2.42. The number of hydrogen-bond donors (Lipinski definition) is 0. The Kier molecular flexibility index (Phi) is 3.09. The molecule has 0 unspecified atom stereocenters. The summed E-state index contributed by atoms with van der Waals surface area (Å²) in [5, 5.41) is 0. The van der Waals surface area contributed by atoms with Crippen LogP contribution in [0.25, 0.3) is 0 Å². The average Bonchev–Trinajstić information content (AvgIpc) is 2.89. The number of amides is 1. The first-order chi connectivity index (χ1) is 9.25. The summed E-state index contributed by atoms with van der Waals surface area (Å²) in [4.78, 5) is 16.6. The standard InChI is InChI=1S/C15H16N2O2/c1-16-7-8-17(15(18)13-6-9-19-11-13)14-5-3-2-4-12(14)10-16/h2-6,9,11H,7-8,10H2,1H3. The maximum Gasteiger partial charge on any atom is 0.261 e.